The van der Waals surface area contributed by atoms with Crippen molar-refractivity contribution in [1.82, 2.24) is 4.98 Å². The van der Waals surface area contributed by atoms with E-state index in [9.17, 15) is 4.79 Å². The van der Waals surface area contributed by atoms with Crippen molar-refractivity contribution in [2.45, 2.75) is 6.42 Å². The molecule has 0 bridgehead atoms. The van der Waals surface area contributed by atoms with Crippen LogP contribution in [0.3, 0.4) is 0 Å². The molecule has 0 saturated heterocycles. The molecule has 4 rings (SSSR count). The zero-order valence-corrected chi connectivity index (χ0v) is 15.0. The minimum absolute atomic E-state index is 0.173. The number of amides is 1. The van der Waals surface area contributed by atoms with Gasteiger partial charge >= 0.3 is 0 Å². The van der Waals surface area contributed by atoms with Gasteiger partial charge in [-0.3, -0.25) is 4.79 Å². The molecule has 0 spiro atoms. The molecular weight excluding hydrogens is 378 g/mol. The van der Waals surface area contributed by atoms with Gasteiger partial charge in [0, 0.05) is 22.9 Å². The number of para-hydroxylation sites is 2. The van der Waals surface area contributed by atoms with E-state index in [-0.39, 0.29) is 5.91 Å². The van der Waals surface area contributed by atoms with Crippen LogP contribution in [-0.2, 0) is 6.42 Å². The molecule has 1 amide bonds. The summed E-state index contributed by atoms with van der Waals surface area (Å²) in [4.78, 5) is 19.1. The number of hydrogen-bond acceptors (Lipinski definition) is 3. The van der Waals surface area contributed by atoms with Gasteiger partial charge in [0.05, 0.1) is 11.3 Å². The summed E-state index contributed by atoms with van der Waals surface area (Å²) in [6, 6.07) is 19.6. The number of fused-ring (bicyclic) bond motifs is 1. The third-order valence-corrected chi connectivity index (χ3v) is 4.99. The molecule has 2 heterocycles. The second-order valence-electron chi connectivity index (χ2n) is 5.87. The molecular formula is C20H16BrN3O. The molecule has 25 heavy (non-hydrogen) atoms. The molecule has 0 unspecified atom stereocenters. The van der Waals surface area contributed by atoms with E-state index in [0.29, 0.717) is 5.56 Å². The number of aromatic nitrogens is 1. The van der Waals surface area contributed by atoms with Crippen LogP contribution in [0.2, 0.25) is 0 Å². The Kier molecular flexibility index (Phi) is 4.24. The average Bonchev–Trinajstić information content (AvgIpc) is 3.08. The van der Waals surface area contributed by atoms with Gasteiger partial charge in [-0.05, 0) is 58.2 Å². The summed E-state index contributed by atoms with van der Waals surface area (Å²) < 4.78 is 0.849. The van der Waals surface area contributed by atoms with Crippen LogP contribution in [0.5, 0.6) is 0 Å². The molecule has 1 N–H and O–H groups in total. The van der Waals surface area contributed by atoms with E-state index >= 15 is 0 Å². The van der Waals surface area contributed by atoms with Gasteiger partial charge in [0.25, 0.3) is 5.91 Å². The largest absolute Gasteiger partial charge is 0.326 e. The maximum absolute atomic E-state index is 12.4. The highest BCUT2D eigenvalue weighted by Crippen LogP contribution is 2.33. The van der Waals surface area contributed by atoms with Gasteiger partial charge in [-0.1, -0.05) is 30.3 Å². The second kappa shape index (κ2) is 6.69. The minimum atomic E-state index is -0.173. The maximum atomic E-state index is 12.4. The summed E-state index contributed by atoms with van der Waals surface area (Å²) in [7, 11) is 0. The number of halogens is 1. The lowest BCUT2D eigenvalue weighted by Crippen LogP contribution is -2.16. The Morgan fingerprint density at radius 1 is 1.04 bits per heavy atom. The normalized spacial score (nSPS) is 12.8. The highest BCUT2D eigenvalue weighted by Gasteiger charge is 2.20. The number of pyridine rings is 1. The number of carbonyl (C=O) groups is 1. The van der Waals surface area contributed by atoms with Crippen LogP contribution in [0.1, 0.15) is 15.9 Å². The van der Waals surface area contributed by atoms with Crippen molar-refractivity contribution in [1.29, 1.82) is 0 Å². The van der Waals surface area contributed by atoms with E-state index in [1.165, 1.54) is 11.3 Å². The lowest BCUT2D eigenvalue weighted by atomic mass is 10.2. The smallest absolute Gasteiger partial charge is 0.257 e. The summed E-state index contributed by atoms with van der Waals surface area (Å²) >= 11 is 3.43. The fourth-order valence-corrected chi connectivity index (χ4v) is 3.40. The van der Waals surface area contributed by atoms with E-state index in [1.807, 2.05) is 42.5 Å². The summed E-state index contributed by atoms with van der Waals surface area (Å²) in [5.74, 6) is 0.690. The molecule has 3 aromatic rings. The Balaban J connectivity index is 1.53. The topological polar surface area (TPSA) is 45.2 Å². The molecule has 0 radical (unpaired) electrons. The van der Waals surface area contributed by atoms with Gasteiger partial charge in [-0.25, -0.2) is 4.98 Å². The first-order valence-corrected chi connectivity index (χ1v) is 8.89. The fraction of sp³-hybridized carbons (Fsp3) is 0.100. The molecule has 2 aromatic carbocycles. The van der Waals surface area contributed by atoms with Crippen LogP contribution in [0.15, 0.2) is 71.3 Å². The average molecular weight is 394 g/mol. The predicted octanol–water partition coefficient (Wildman–Crippen LogP) is 4.79. The summed E-state index contributed by atoms with van der Waals surface area (Å²) in [6.45, 7) is 0.912. The second-order valence-corrected chi connectivity index (χ2v) is 6.72. The van der Waals surface area contributed by atoms with Crippen LogP contribution in [0, 0.1) is 0 Å². The van der Waals surface area contributed by atoms with Crippen LogP contribution < -0.4 is 10.2 Å². The van der Waals surface area contributed by atoms with E-state index in [1.54, 1.807) is 6.20 Å². The van der Waals surface area contributed by atoms with Crippen LogP contribution in [0.4, 0.5) is 17.2 Å². The van der Waals surface area contributed by atoms with Crippen LogP contribution >= 0.6 is 15.9 Å². The van der Waals surface area contributed by atoms with Crippen LogP contribution in [-0.4, -0.2) is 17.4 Å². The number of hydrogen-bond donors (Lipinski definition) is 1. The number of carbonyl (C=O) groups excluding carboxylic acids is 1. The minimum Gasteiger partial charge on any atom is -0.326 e. The molecule has 0 aliphatic carbocycles. The van der Waals surface area contributed by atoms with Gasteiger partial charge in [-0.2, -0.15) is 0 Å². The molecule has 0 atom stereocenters. The van der Waals surface area contributed by atoms with Gasteiger partial charge < -0.3 is 10.2 Å². The highest BCUT2D eigenvalue weighted by molar-refractivity contribution is 9.10. The first-order chi connectivity index (χ1) is 12.2. The van der Waals surface area contributed by atoms with Crippen molar-refractivity contribution in [2.75, 3.05) is 16.8 Å². The summed E-state index contributed by atoms with van der Waals surface area (Å²) in [5.41, 5.74) is 3.80. The number of benzene rings is 2. The first kappa shape index (κ1) is 15.8. The molecule has 0 saturated carbocycles. The van der Waals surface area contributed by atoms with Gasteiger partial charge in [0.2, 0.25) is 0 Å². The Bertz CT molecular complexity index is 924. The molecule has 0 fully saturated rings. The van der Waals surface area contributed by atoms with E-state index in [4.69, 9.17) is 0 Å². The van der Waals surface area contributed by atoms with Crippen molar-refractivity contribution in [3.05, 3.63) is 82.5 Å². The van der Waals surface area contributed by atoms with E-state index in [2.05, 4.69) is 49.3 Å². The zero-order chi connectivity index (χ0) is 17.2. The molecule has 5 heteroatoms. The highest BCUT2D eigenvalue weighted by atomic mass is 79.9. The SMILES string of the molecule is O=C(Nc1ccccc1Br)c1ccc(N2CCc3ccccc32)nc1. The molecule has 1 aromatic heterocycles. The summed E-state index contributed by atoms with van der Waals surface area (Å²) in [5, 5.41) is 2.89. The van der Waals surface area contributed by atoms with Crippen molar-refractivity contribution in [3.8, 4) is 0 Å². The molecule has 4 nitrogen and oxygen atoms in total. The number of nitrogens with one attached hydrogen (secondary N) is 1. The summed E-state index contributed by atoms with van der Waals surface area (Å²) in [6.07, 6.45) is 2.64. The third kappa shape index (κ3) is 3.15. The van der Waals surface area contributed by atoms with Crippen molar-refractivity contribution >= 4 is 39.0 Å². The van der Waals surface area contributed by atoms with Crippen molar-refractivity contribution < 1.29 is 4.79 Å². The van der Waals surface area contributed by atoms with E-state index in [0.717, 1.165) is 28.9 Å². The molecule has 124 valence electrons. The van der Waals surface area contributed by atoms with Gasteiger partial charge in [-0.15, -0.1) is 0 Å². The Labute approximate surface area is 154 Å². The Morgan fingerprint density at radius 3 is 2.64 bits per heavy atom. The lowest BCUT2D eigenvalue weighted by Gasteiger charge is -2.18. The third-order valence-electron chi connectivity index (χ3n) is 4.30. The van der Waals surface area contributed by atoms with Crippen LogP contribution in [0.25, 0.3) is 0 Å². The maximum Gasteiger partial charge on any atom is 0.257 e. The number of anilines is 3. The number of nitrogens with zero attached hydrogens (tertiary/aromatic N) is 2. The fourth-order valence-electron chi connectivity index (χ4n) is 3.01. The number of rotatable bonds is 3. The zero-order valence-electron chi connectivity index (χ0n) is 13.4. The molecule has 1 aliphatic rings. The van der Waals surface area contributed by atoms with E-state index < -0.39 is 0 Å². The van der Waals surface area contributed by atoms with Gasteiger partial charge in [0.15, 0.2) is 0 Å². The Hall–Kier alpha value is -2.66. The van der Waals surface area contributed by atoms with Crippen molar-refractivity contribution in [3.63, 3.8) is 0 Å². The quantitative estimate of drug-likeness (QED) is 0.695. The standard InChI is InChI=1S/C20H16BrN3O/c21-16-6-2-3-7-17(16)23-20(25)15-9-10-19(22-13-15)24-12-11-14-5-1-4-8-18(14)24/h1-10,13H,11-12H2,(H,23,25). The first-order valence-electron chi connectivity index (χ1n) is 8.10. The predicted molar refractivity (Wildman–Crippen MR) is 103 cm³/mol. The van der Waals surface area contributed by atoms with Crippen molar-refractivity contribution in [2.24, 2.45) is 0 Å². The lowest BCUT2D eigenvalue weighted by molar-refractivity contribution is 0.102. The monoisotopic (exact) mass is 393 g/mol. The molecule has 1 aliphatic heterocycles. The Morgan fingerprint density at radius 2 is 1.84 bits per heavy atom. The van der Waals surface area contributed by atoms with Gasteiger partial charge in [0.1, 0.15) is 5.82 Å².